The summed E-state index contributed by atoms with van der Waals surface area (Å²) in [5, 5.41) is 10.8. The Morgan fingerprint density at radius 2 is 1.95 bits per heavy atom. The summed E-state index contributed by atoms with van der Waals surface area (Å²) >= 11 is 6.15. The van der Waals surface area contributed by atoms with Gasteiger partial charge in [-0.15, -0.1) is 11.6 Å². The van der Waals surface area contributed by atoms with E-state index in [1.807, 2.05) is 36.4 Å². The predicted molar refractivity (Wildman–Crippen MR) is 73.2 cm³/mol. The van der Waals surface area contributed by atoms with E-state index in [-0.39, 0.29) is 0 Å². The van der Waals surface area contributed by atoms with E-state index in [1.54, 1.807) is 6.07 Å². The highest BCUT2D eigenvalue weighted by atomic mass is 35.5. The Morgan fingerprint density at radius 3 is 2.68 bits per heavy atom. The van der Waals surface area contributed by atoms with E-state index in [9.17, 15) is 9.90 Å². The molecule has 4 nitrogen and oxygen atoms in total. The van der Waals surface area contributed by atoms with Crippen molar-refractivity contribution in [2.45, 2.75) is 11.5 Å². The standard InChI is InChI=1S/C14H11ClN2O2/c15-13(14(19)12(18)8-17-16)11-7-3-5-9-4-1-2-6-10(9)11/h1-8,13-14,19H/t13-,14-/m0/s1. The average molecular weight is 275 g/mol. The van der Waals surface area contributed by atoms with E-state index in [0.717, 1.165) is 10.8 Å². The van der Waals surface area contributed by atoms with Gasteiger partial charge in [0, 0.05) is 0 Å². The molecule has 0 unspecified atom stereocenters. The van der Waals surface area contributed by atoms with Crippen LogP contribution in [0.5, 0.6) is 0 Å². The van der Waals surface area contributed by atoms with Gasteiger partial charge in [-0.05, 0) is 16.3 Å². The molecule has 0 bridgehead atoms. The number of halogens is 1. The van der Waals surface area contributed by atoms with Gasteiger partial charge < -0.3 is 10.6 Å². The fraction of sp³-hybridized carbons (Fsp3) is 0.143. The number of carbonyl (C=O) groups is 1. The molecule has 5 heteroatoms. The van der Waals surface area contributed by atoms with Gasteiger partial charge in [0.25, 0.3) is 5.78 Å². The molecule has 96 valence electrons. The summed E-state index contributed by atoms with van der Waals surface area (Å²) in [5.41, 5.74) is 8.96. The van der Waals surface area contributed by atoms with E-state index < -0.39 is 17.3 Å². The second kappa shape index (κ2) is 5.76. The highest BCUT2D eigenvalue weighted by Gasteiger charge is 2.27. The molecule has 2 rings (SSSR count). The third kappa shape index (κ3) is 2.71. The molecule has 0 aliphatic rings. The van der Waals surface area contributed by atoms with Gasteiger partial charge in [0.05, 0.1) is 5.38 Å². The Bertz CT molecular complexity index is 660. The van der Waals surface area contributed by atoms with Gasteiger partial charge in [-0.25, -0.2) is 0 Å². The summed E-state index contributed by atoms with van der Waals surface area (Å²) in [6.45, 7) is 0. The number of aliphatic hydroxyl groups excluding tert-OH is 1. The number of fused-ring (bicyclic) bond motifs is 1. The number of rotatable bonds is 4. The molecule has 0 saturated carbocycles. The molecule has 2 aromatic carbocycles. The predicted octanol–water partition coefficient (Wildman–Crippen LogP) is 2.35. The molecular weight excluding hydrogens is 264 g/mol. The first-order valence-corrected chi connectivity index (χ1v) is 6.10. The SMILES string of the molecule is [N-]=[N+]=CC(=O)[C@H](O)[C@@H](Cl)c1cccc2ccccc12. The molecule has 2 aromatic rings. The van der Waals surface area contributed by atoms with Crippen molar-refractivity contribution in [1.82, 2.24) is 0 Å². The lowest BCUT2D eigenvalue weighted by Crippen LogP contribution is -2.26. The lowest BCUT2D eigenvalue weighted by molar-refractivity contribution is -0.123. The second-order valence-corrected chi connectivity index (χ2v) is 4.53. The number of aliphatic hydroxyl groups is 1. The number of benzene rings is 2. The maximum absolute atomic E-state index is 11.5. The zero-order chi connectivity index (χ0) is 13.8. The Morgan fingerprint density at radius 1 is 1.26 bits per heavy atom. The van der Waals surface area contributed by atoms with E-state index in [4.69, 9.17) is 17.1 Å². The van der Waals surface area contributed by atoms with Gasteiger partial charge in [-0.2, -0.15) is 4.79 Å². The topological polar surface area (TPSA) is 73.7 Å². The zero-order valence-corrected chi connectivity index (χ0v) is 10.7. The minimum Gasteiger partial charge on any atom is -0.383 e. The smallest absolute Gasteiger partial charge is 0.325 e. The Balaban J connectivity index is 2.44. The molecule has 0 aromatic heterocycles. The van der Waals surface area contributed by atoms with Crippen LogP contribution in [-0.2, 0) is 4.79 Å². The van der Waals surface area contributed by atoms with Gasteiger partial charge in [-0.3, -0.25) is 4.79 Å². The lowest BCUT2D eigenvalue weighted by Gasteiger charge is -2.15. The summed E-state index contributed by atoms with van der Waals surface area (Å²) in [7, 11) is 0. The van der Waals surface area contributed by atoms with Crippen LogP contribution < -0.4 is 0 Å². The van der Waals surface area contributed by atoms with Crippen LogP contribution in [-0.4, -0.2) is 28.0 Å². The van der Waals surface area contributed by atoms with Crippen molar-refractivity contribution >= 4 is 34.4 Å². The van der Waals surface area contributed by atoms with Crippen molar-refractivity contribution in [2.75, 3.05) is 0 Å². The molecule has 0 heterocycles. The van der Waals surface area contributed by atoms with Crippen LogP contribution in [0.1, 0.15) is 10.9 Å². The molecular formula is C14H11ClN2O2. The number of alkyl halides is 1. The number of hydrogen-bond donors (Lipinski definition) is 1. The molecule has 0 amide bonds. The molecule has 2 atom stereocenters. The molecule has 0 saturated heterocycles. The quantitative estimate of drug-likeness (QED) is 0.402. The molecule has 0 fully saturated rings. The fourth-order valence-electron chi connectivity index (χ4n) is 1.94. The second-order valence-electron chi connectivity index (χ2n) is 4.06. The van der Waals surface area contributed by atoms with Crippen LogP contribution in [0.15, 0.2) is 42.5 Å². The first kappa shape index (κ1) is 13.4. The number of Topliss-reactive ketones (excluding diaryl/α,β-unsaturated/α-hetero) is 1. The van der Waals surface area contributed by atoms with Crippen molar-refractivity contribution < 1.29 is 14.7 Å². The summed E-state index contributed by atoms with van der Waals surface area (Å²) < 4.78 is 0. The molecule has 0 radical (unpaired) electrons. The molecule has 0 aliphatic carbocycles. The average Bonchev–Trinajstić information content (AvgIpc) is 2.45. The van der Waals surface area contributed by atoms with Crippen LogP contribution >= 0.6 is 11.6 Å². The molecule has 0 spiro atoms. The number of hydrogen-bond acceptors (Lipinski definition) is 2. The normalized spacial score (nSPS) is 13.6. The summed E-state index contributed by atoms with van der Waals surface area (Å²) in [6, 6.07) is 13.0. The number of carbonyl (C=O) groups excluding carboxylic acids is 1. The van der Waals surface area contributed by atoms with Crippen molar-refractivity contribution in [1.29, 1.82) is 0 Å². The largest absolute Gasteiger partial charge is 0.383 e. The third-order valence-corrected chi connectivity index (χ3v) is 3.35. The van der Waals surface area contributed by atoms with Gasteiger partial charge in [0.1, 0.15) is 6.10 Å². The van der Waals surface area contributed by atoms with E-state index >= 15 is 0 Å². The summed E-state index contributed by atoms with van der Waals surface area (Å²) in [4.78, 5) is 14.1. The Kier molecular flexibility index (Phi) is 4.07. The Hall–Kier alpha value is -2.00. The third-order valence-electron chi connectivity index (χ3n) is 2.87. The van der Waals surface area contributed by atoms with E-state index in [2.05, 4.69) is 4.79 Å². The molecule has 0 aliphatic heterocycles. The van der Waals surface area contributed by atoms with Crippen molar-refractivity contribution in [3.63, 3.8) is 0 Å². The van der Waals surface area contributed by atoms with Crippen LogP contribution in [0.3, 0.4) is 0 Å². The minimum atomic E-state index is -1.46. The first-order valence-electron chi connectivity index (χ1n) is 5.66. The fourth-order valence-corrected chi connectivity index (χ4v) is 2.25. The highest BCUT2D eigenvalue weighted by molar-refractivity contribution is 6.32. The van der Waals surface area contributed by atoms with Gasteiger partial charge in [0.15, 0.2) is 0 Å². The molecule has 19 heavy (non-hydrogen) atoms. The van der Waals surface area contributed by atoms with Gasteiger partial charge in [-0.1, -0.05) is 42.5 Å². The minimum absolute atomic E-state index is 0.644. The number of nitrogens with zero attached hydrogens (tertiary/aromatic N) is 2. The number of ketones is 1. The Labute approximate surface area is 114 Å². The van der Waals surface area contributed by atoms with Gasteiger partial charge >= 0.3 is 6.21 Å². The van der Waals surface area contributed by atoms with Crippen molar-refractivity contribution in [3.05, 3.63) is 53.6 Å². The maximum Gasteiger partial charge on any atom is 0.325 e. The van der Waals surface area contributed by atoms with Crippen LogP contribution in [0.2, 0.25) is 0 Å². The molecule has 1 N–H and O–H groups in total. The van der Waals surface area contributed by atoms with Crippen LogP contribution in [0.25, 0.3) is 16.3 Å². The highest BCUT2D eigenvalue weighted by Crippen LogP contribution is 2.31. The van der Waals surface area contributed by atoms with E-state index in [1.165, 1.54) is 0 Å². The first-order chi connectivity index (χ1) is 9.15. The van der Waals surface area contributed by atoms with Crippen molar-refractivity contribution in [3.8, 4) is 0 Å². The summed E-state index contributed by atoms with van der Waals surface area (Å²) in [5.74, 6) is -0.740. The zero-order valence-electron chi connectivity index (χ0n) is 9.90. The van der Waals surface area contributed by atoms with E-state index in [0.29, 0.717) is 11.8 Å². The van der Waals surface area contributed by atoms with Crippen molar-refractivity contribution in [2.24, 2.45) is 0 Å². The van der Waals surface area contributed by atoms with Crippen LogP contribution in [0.4, 0.5) is 0 Å². The maximum atomic E-state index is 11.5. The lowest BCUT2D eigenvalue weighted by atomic mass is 9.98. The summed E-state index contributed by atoms with van der Waals surface area (Å²) in [6.07, 6.45) is -0.811. The van der Waals surface area contributed by atoms with Crippen LogP contribution in [0, 0.1) is 0 Å². The van der Waals surface area contributed by atoms with Gasteiger partial charge in [0.2, 0.25) is 0 Å². The monoisotopic (exact) mass is 274 g/mol.